The highest BCUT2D eigenvalue weighted by atomic mass is 16.5. The van der Waals surface area contributed by atoms with E-state index in [1.807, 2.05) is 54.6 Å². The Bertz CT molecular complexity index is 788. The van der Waals surface area contributed by atoms with Gasteiger partial charge in [-0.25, -0.2) is 4.79 Å². The maximum atomic E-state index is 12.2. The standard InChI is InChI=1S/C24H30N2O2/c1-18-13-19(2)15-21(14-18)11-12-25-24(27)26-22-9-6-10-23(16-22)28-17-20-7-4-3-5-8-20/h3-10,16,19,21H,1,11-15,17H2,2H3,(H2,25,26,27). The number of allylic oxidation sites excluding steroid dienone is 1. The zero-order valence-electron chi connectivity index (χ0n) is 16.6. The Morgan fingerprint density at radius 1 is 1.14 bits per heavy atom. The lowest BCUT2D eigenvalue weighted by Gasteiger charge is -2.28. The highest BCUT2D eigenvalue weighted by molar-refractivity contribution is 5.89. The minimum atomic E-state index is -0.178. The minimum absolute atomic E-state index is 0.178. The second-order valence-corrected chi connectivity index (χ2v) is 7.84. The Labute approximate surface area is 168 Å². The normalized spacial score (nSPS) is 19.1. The van der Waals surface area contributed by atoms with Gasteiger partial charge >= 0.3 is 6.03 Å². The van der Waals surface area contributed by atoms with Crippen LogP contribution in [0.2, 0.25) is 0 Å². The van der Waals surface area contributed by atoms with Gasteiger partial charge in [-0.2, -0.15) is 0 Å². The summed E-state index contributed by atoms with van der Waals surface area (Å²) >= 11 is 0. The van der Waals surface area contributed by atoms with Gasteiger partial charge in [0.1, 0.15) is 12.4 Å². The van der Waals surface area contributed by atoms with Crippen LogP contribution in [0.15, 0.2) is 66.7 Å². The maximum absolute atomic E-state index is 12.2. The van der Waals surface area contributed by atoms with Crippen molar-refractivity contribution >= 4 is 11.7 Å². The molecule has 1 aliphatic rings. The first kappa shape index (κ1) is 20.0. The molecule has 0 spiro atoms. The van der Waals surface area contributed by atoms with Crippen molar-refractivity contribution in [3.8, 4) is 5.75 Å². The Morgan fingerprint density at radius 3 is 2.75 bits per heavy atom. The summed E-state index contributed by atoms with van der Waals surface area (Å²) in [6.07, 6.45) is 4.46. The van der Waals surface area contributed by atoms with Gasteiger partial charge in [-0.15, -0.1) is 0 Å². The number of anilines is 1. The van der Waals surface area contributed by atoms with Gasteiger partial charge in [-0.1, -0.05) is 55.5 Å². The Hall–Kier alpha value is -2.75. The molecule has 2 aromatic rings. The fourth-order valence-electron chi connectivity index (χ4n) is 3.91. The van der Waals surface area contributed by atoms with E-state index in [0.717, 1.165) is 36.3 Å². The molecule has 2 aromatic carbocycles. The van der Waals surface area contributed by atoms with Crippen LogP contribution in [0.3, 0.4) is 0 Å². The van der Waals surface area contributed by atoms with E-state index in [0.29, 0.717) is 25.0 Å². The van der Waals surface area contributed by atoms with E-state index in [-0.39, 0.29) is 6.03 Å². The molecule has 0 aromatic heterocycles. The summed E-state index contributed by atoms with van der Waals surface area (Å²) in [7, 11) is 0. The molecule has 3 rings (SSSR count). The van der Waals surface area contributed by atoms with Crippen molar-refractivity contribution < 1.29 is 9.53 Å². The minimum Gasteiger partial charge on any atom is -0.489 e. The molecule has 4 nitrogen and oxygen atoms in total. The van der Waals surface area contributed by atoms with Crippen molar-refractivity contribution in [2.24, 2.45) is 11.8 Å². The first-order chi connectivity index (χ1) is 13.6. The second-order valence-electron chi connectivity index (χ2n) is 7.84. The molecule has 2 N–H and O–H groups in total. The maximum Gasteiger partial charge on any atom is 0.319 e. The summed E-state index contributed by atoms with van der Waals surface area (Å²) in [4.78, 5) is 12.2. The zero-order chi connectivity index (χ0) is 19.8. The van der Waals surface area contributed by atoms with Crippen LogP contribution in [0.25, 0.3) is 0 Å². The molecule has 0 saturated heterocycles. The fourth-order valence-corrected chi connectivity index (χ4v) is 3.91. The number of hydrogen-bond donors (Lipinski definition) is 2. The van der Waals surface area contributed by atoms with Crippen LogP contribution < -0.4 is 15.4 Å². The Morgan fingerprint density at radius 2 is 1.96 bits per heavy atom. The van der Waals surface area contributed by atoms with Crippen LogP contribution in [-0.2, 0) is 6.61 Å². The smallest absolute Gasteiger partial charge is 0.319 e. The third-order valence-corrected chi connectivity index (χ3v) is 5.13. The van der Waals surface area contributed by atoms with E-state index in [1.54, 1.807) is 0 Å². The molecule has 0 bridgehead atoms. The van der Waals surface area contributed by atoms with Gasteiger partial charge in [0, 0.05) is 18.3 Å². The highest BCUT2D eigenvalue weighted by Gasteiger charge is 2.20. The molecular weight excluding hydrogens is 348 g/mol. The van der Waals surface area contributed by atoms with E-state index in [4.69, 9.17) is 4.74 Å². The fraction of sp³-hybridized carbons (Fsp3) is 0.375. The van der Waals surface area contributed by atoms with Gasteiger partial charge in [-0.05, 0) is 55.2 Å². The van der Waals surface area contributed by atoms with Crippen molar-refractivity contribution in [2.75, 3.05) is 11.9 Å². The van der Waals surface area contributed by atoms with Crippen LogP contribution in [0, 0.1) is 11.8 Å². The molecule has 2 atom stereocenters. The zero-order valence-corrected chi connectivity index (χ0v) is 16.6. The molecule has 1 aliphatic carbocycles. The lowest BCUT2D eigenvalue weighted by atomic mass is 9.78. The number of carbonyl (C=O) groups excluding carboxylic acids is 1. The number of rotatable bonds is 7. The van der Waals surface area contributed by atoms with Crippen LogP contribution in [0.1, 0.15) is 38.2 Å². The van der Waals surface area contributed by atoms with Gasteiger partial charge in [0.25, 0.3) is 0 Å². The number of amides is 2. The third kappa shape index (κ3) is 6.45. The van der Waals surface area contributed by atoms with Gasteiger partial charge in [0.05, 0.1) is 0 Å². The molecule has 148 valence electrons. The molecule has 2 amide bonds. The topological polar surface area (TPSA) is 50.4 Å². The molecule has 1 saturated carbocycles. The van der Waals surface area contributed by atoms with Crippen LogP contribution in [0.4, 0.5) is 10.5 Å². The van der Waals surface area contributed by atoms with Crippen LogP contribution in [-0.4, -0.2) is 12.6 Å². The van der Waals surface area contributed by atoms with E-state index in [9.17, 15) is 4.79 Å². The van der Waals surface area contributed by atoms with Gasteiger partial charge in [-0.3, -0.25) is 0 Å². The number of hydrogen-bond acceptors (Lipinski definition) is 2. The van der Waals surface area contributed by atoms with Gasteiger partial charge in [0.2, 0.25) is 0 Å². The number of benzene rings is 2. The first-order valence-electron chi connectivity index (χ1n) is 10.1. The molecule has 0 heterocycles. The highest BCUT2D eigenvalue weighted by Crippen LogP contribution is 2.33. The molecule has 4 heteroatoms. The molecule has 28 heavy (non-hydrogen) atoms. The summed E-state index contributed by atoms with van der Waals surface area (Å²) in [5, 5.41) is 5.85. The average molecular weight is 379 g/mol. The predicted molar refractivity (Wildman–Crippen MR) is 114 cm³/mol. The van der Waals surface area contributed by atoms with Crippen LogP contribution >= 0.6 is 0 Å². The predicted octanol–water partition coefficient (Wildman–Crippen LogP) is 5.77. The largest absolute Gasteiger partial charge is 0.489 e. The number of urea groups is 1. The average Bonchev–Trinajstić information content (AvgIpc) is 2.67. The molecule has 0 aliphatic heterocycles. The summed E-state index contributed by atoms with van der Waals surface area (Å²) in [5.74, 6) is 2.07. The van der Waals surface area contributed by atoms with Crippen molar-refractivity contribution in [3.63, 3.8) is 0 Å². The summed E-state index contributed by atoms with van der Waals surface area (Å²) < 4.78 is 5.81. The summed E-state index contributed by atoms with van der Waals surface area (Å²) in [6.45, 7) is 7.61. The molecular formula is C24H30N2O2. The number of carbonyl (C=O) groups is 1. The monoisotopic (exact) mass is 378 g/mol. The Balaban J connectivity index is 1.42. The van der Waals surface area contributed by atoms with Crippen molar-refractivity contribution in [1.29, 1.82) is 0 Å². The second kappa shape index (κ2) is 9.98. The lowest BCUT2D eigenvalue weighted by Crippen LogP contribution is -2.31. The first-order valence-corrected chi connectivity index (χ1v) is 10.1. The van der Waals surface area contributed by atoms with E-state index < -0.39 is 0 Å². The SMILES string of the molecule is C=C1CC(C)CC(CCNC(=O)Nc2cccc(OCc3ccccc3)c2)C1. The van der Waals surface area contributed by atoms with E-state index >= 15 is 0 Å². The van der Waals surface area contributed by atoms with Crippen molar-refractivity contribution in [2.45, 2.75) is 39.2 Å². The molecule has 1 fully saturated rings. The quantitative estimate of drug-likeness (QED) is 0.601. The lowest BCUT2D eigenvalue weighted by molar-refractivity contribution is 0.249. The van der Waals surface area contributed by atoms with Gasteiger partial charge < -0.3 is 15.4 Å². The van der Waals surface area contributed by atoms with Crippen molar-refractivity contribution in [1.82, 2.24) is 5.32 Å². The summed E-state index contributed by atoms with van der Waals surface area (Å²) in [6, 6.07) is 17.3. The number of ether oxygens (including phenoxy) is 1. The number of nitrogens with one attached hydrogen (secondary N) is 2. The van der Waals surface area contributed by atoms with Crippen molar-refractivity contribution in [3.05, 3.63) is 72.3 Å². The van der Waals surface area contributed by atoms with E-state index in [1.165, 1.54) is 12.0 Å². The third-order valence-electron chi connectivity index (χ3n) is 5.13. The molecule has 2 unspecified atom stereocenters. The Kier molecular flexibility index (Phi) is 7.12. The van der Waals surface area contributed by atoms with Gasteiger partial charge in [0.15, 0.2) is 0 Å². The van der Waals surface area contributed by atoms with Crippen LogP contribution in [0.5, 0.6) is 5.75 Å². The molecule has 0 radical (unpaired) electrons. The summed E-state index contributed by atoms with van der Waals surface area (Å²) in [5.41, 5.74) is 3.18. The van der Waals surface area contributed by atoms with E-state index in [2.05, 4.69) is 24.1 Å².